The fourth-order valence-corrected chi connectivity index (χ4v) is 2.91. The molecule has 2 aromatic heterocycles. The van der Waals surface area contributed by atoms with Gasteiger partial charge in [-0.25, -0.2) is 4.68 Å². The number of tetrazole rings is 1. The lowest BCUT2D eigenvalue weighted by Gasteiger charge is -2.23. The second-order valence-electron chi connectivity index (χ2n) is 6.39. The van der Waals surface area contributed by atoms with Crippen molar-refractivity contribution < 1.29 is 9.90 Å². The van der Waals surface area contributed by atoms with E-state index in [0.717, 1.165) is 5.56 Å². The highest BCUT2D eigenvalue weighted by molar-refractivity contribution is 7.07. The van der Waals surface area contributed by atoms with Gasteiger partial charge in [0.15, 0.2) is 5.82 Å². The zero-order valence-electron chi connectivity index (χ0n) is 12.5. The van der Waals surface area contributed by atoms with Crippen molar-refractivity contribution in [3.8, 4) is 0 Å². The van der Waals surface area contributed by atoms with Crippen molar-refractivity contribution in [3.63, 3.8) is 0 Å². The van der Waals surface area contributed by atoms with E-state index in [9.17, 15) is 9.90 Å². The average molecular weight is 308 g/mol. The Balaban J connectivity index is 2.11. The lowest BCUT2D eigenvalue weighted by Crippen LogP contribution is -2.26. The second kappa shape index (κ2) is 6.34. The Morgan fingerprint density at radius 3 is 2.81 bits per heavy atom. The minimum Gasteiger partial charge on any atom is -0.481 e. The Bertz CT molecular complexity index is 586. The highest BCUT2D eigenvalue weighted by Gasteiger charge is 2.26. The van der Waals surface area contributed by atoms with Gasteiger partial charge in [0.05, 0.1) is 12.5 Å². The monoisotopic (exact) mass is 308 g/mol. The van der Waals surface area contributed by atoms with Crippen LogP contribution in [0.2, 0.25) is 0 Å². The van der Waals surface area contributed by atoms with Crippen LogP contribution < -0.4 is 0 Å². The molecule has 0 aliphatic rings. The number of aliphatic carboxylic acids is 1. The summed E-state index contributed by atoms with van der Waals surface area (Å²) in [4.78, 5) is 11.5. The molecule has 0 saturated carbocycles. The number of thiophene rings is 1. The molecule has 0 bridgehead atoms. The summed E-state index contributed by atoms with van der Waals surface area (Å²) < 4.78 is 1.61. The number of rotatable bonds is 6. The van der Waals surface area contributed by atoms with Crippen LogP contribution in [0.4, 0.5) is 0 Å². The van der Waals surface area contributed by atoms with E-state index in [-0.39, 0.29) is 5.41 Å². The van der Waals surface area contributed by atoms with Crippen molar-refractivity contribution in [3.05, 3.63) is 28.2 Å². The molecule has 21 heavy (non-hydrogen) atoms. The van der Waals surface area contributed by atoms with E-state index in [4.69, 9.17) is 0 Å². The van der Waals surface area contributed by atoms with E-state index in [1.807, 2.05) is 37.6 Å². The first-order chi connectivity index (χ1) is 9.85. The van der Waals surface area contributed by atoms with Gasteiger partial charge >= 0.3 is 5.97 Å². The lowest BCUT2D eigenvalue weighted by atomic mass is 9.84. The van der Waals surface area contributed by atoms with Gasteiger partial charge in [0.25, 0.3) is 0 Å². The Kier molecular flexibility index (Phi) is 4.72. The smallest absolute Gasteiger partial charge is 0.308 e. The number of carbonyl (C=O) groups is 1. The van der Waals surface area contributed by atoms with Crippen LogP contribution in [0.5, 0.6) is 0 Å². The van der Waals surface area contributed by atoms with Crippen molar-refractivity contribution in [2.24, 2.45) is 11.3 Å². The van der Waals surface area contributed by atoms with Crippen LogP contribution >= 0.6 is 11.3 Å². The predicted octanol–water partition coefficient (Wildman–Crippen LogP) is 2.46. The SMILES string of the molecule is CC(C)(C)CC(Cn1nnnc1Cc1ccsc1)C(=O)O. The molecule has 0 spiro atoms. The van der Waals surface area contributed by atoms with Crippen LogP contribution in [0.3, 0.4) is 0 Å². The Labute approximate surface area is 127 Å². The van der Waals surface area contributed by atoms with Gasteiger partial charge < -0.3 is 5.11 Å². The van der Waals surface area contributed by atoms with Gasteiger partial charge in [0.1, 0.15) is 0 Å². The van der Waals surface area contributed by atoms with Gasteiger partial charge in [0, 0.05) is 6.42 Å². The van der Waals surface area contributed by atoms with Crippen LogP contribution in [0.15, 0.2) is 16.8 Å². The number of carboxylic acid groups (broad SMARTS) is 1. The summed E-state index contributed by atoms with van der Waals surface area (Å²) in [5.74, 6) is -0.592. The molecule has 2 heterocycles. The molecule has 1 atom stereocenters. The summed E-state index contributed by atoms with van der Waals surface area (Å²) in [6, 6.07) is 2.02. The lowest BCUT2D eigenvalue weighted by molar-refractivity contribution is -0.143. The van der Waals surface area contributed by atoms with Gasteiger partial charge in [-0.05, 0) is 44.7 Å². The molecule has 2 aromatic rings. The Hall–Kier alpha value is -1.76. The summed E-state index contributed by atoms with van der Waals surface area (Å²) >= 11 is 1.62. The summed E-state index contributed by atoms with van der Waals surface area (Å²) in [5.41, 5.74) is 1.09. The molecule has 114 valence electrons. The van der Waals surface area contributed by atoms with Crippen molar-refractivity contribution in [2.75, 3.05) is 0 Å². The number of hydrogen-bond acceptors (Lipinski definition) is 5. The van der Waals surface area contributed by atoms with E-state index in [0.29, 0.717) is 25.2 Å². The first kappa shape index (κ1) is 15.6. The van der Waals surface area contributed by atoms with Crippen molar-refractivity contribution >= 4 is 17.3 Å². The van der Waals surface area contributed by atoms with E-state index in [1.54, 1.807) is 16.0 Å². The van der Waals surface area contributed by atoms with Crippen LogP contribution in [-0.4, -0.2) is 31.3 Å². The maximum Gasteiger partial charge on any atom is 0.308 e. The Morgan fingerprint density at radius 2 is 2.24 bits per heavy atom. The molecule has 1 unspecified atom stereocenters. The molecule has 0 saturated heterocycles. The van der Waals surface area contributed by atoms with E-state index in [1.165, 1.54) is 0 Å². The zero-order chi connectivity index (χ0) is 15.5. The summed E-state index contributed by atoms with van der Waals surface area (Å²) in [6.07, 6.45) is 1.21. The van der Waals surface area contributed by atoms with Crippen LogP contribution in [0.1, 0.15) is 38.6 Å². The third kappa shape index (κ3) is 4.63. The molecule has 0 aliphatic heterocycles. The molecular formula is C14H20N4O2S. The third-order valence-electron chi connectivity index (χ3n) is 3.15. The number of hydrogen-bond donors (Lipinski definition) is 1. The maximum absolute atomic E-state index is 11.5. The van der Waals surface area contributed by atoms with Crippen molar-refractivity contribution in [1.82, 2.24) is 20.2 Å². The topological polar surface area (TPSA) is 80.9 Å². The van der Waals surface area contributed by atoms with Crippen molar-refractivity contribution in [2.45, 2.75) is 40.2 Å². The Morgan fingerprint density at radius 1 is 1.48 bits per heavy atom. The van der Waals surface area contributed by atoms with E-state index in [2.05, 4.69) is 15.5 Å². The van der Waals surface area contributed by atoms with Crippen LogP contribution in [-0.2, 0) is 17.8 Å². The first-order valence-electron chi connectivity index (χ1n) is 6.84. The molecule has 7 heteroatoms. The minimum absolute atomic E-state index is 0.0510. The molecule has 0 aromatic carbocycles. The van der Waals surface area contributed by atoms with Crippen LogP contribution in [0.25, 0.3) is 0 Å². The third-order valence-corrected chi connectivity index (χ3v) is 3.88. The molecule has 6 nitrogen and oxygen atoms in total. The standard InChI is InChI=1S/C14H20N4O2S/c1-14(2,3)7-11(13(19)20)8-18-12(15-16-17-18)6-10-4-5-21-9-10/h4-5,9,11H,6-8H2,1-3H3,(H,19,20). The predicted molar refractivity (Wildman–Crippen MR) is 80.1 cm³/mol. The highest BCUT2D eigenvalue weighted by Crippen LogP contribution is 2.26. The summed E-state index contributed by atoms with van der Waals surface area (Å²) in [6.45, 7) is 6.41. The molecular weight excluding hydrogens is 288 g/mol. The summed E-state index contributed by atoms with van der Waals surface area (Å²) in [5, 5.41) is 25.1. The molecule has 0 fully saturated rings. The van der Waals surface area contributed by atoms with Crippen LogP contribution in [0, 0.1) is 11.3 Å². The van der Waals surface area contributed by atoms with E-state index < -0.39 is 11.9 Å². The van der Waals surface area contributed by atoms with Gasteiger partial charge in [-0.2, -0.15) is 11.3 Å². The summed E-state index contributed by atoms with van der Waals surface area (Å²) in [7, 11) is 0. The molecule has 2 rings (SSSR count). The second-order valence-corrected chi connectivity index (χ2v) is 7.17. The van der Waals surface area contributed by atoms with Gasteiger partial charge in [0.2, 0.25) is 0 Å². The van der Waals surface area contributed by atoms with Crippen molar-refractivity contribution in [1.29, 1.82) is 0 Å². The minimum atomic E-state index is -0.804. The highest BCUT2D eigenvalue weighted by atomic mass is 32.1. The number of nitrogens with zero attached hydrogens (tertiary/aromatic N) is 4. The van der Waals surface area contributed by atoms with E-state index >= 15 is 0 Å². The zero-order valence-corrected chi connectivity index (χ0v) is 13.3. The number of aromatic nitrogens is 4. The normalized spacial score (nSPS) is 13.3. The maximum atomic E-state index is 11.5. The fourth-order valence-electron chi connectivity index (χ4n) is 2.25. The molecule has 0 aliphatic carbocycles. The number of carboxylic acids is 1. The largest absolute Gasteiger partial charge is 0.481 e. The molecule has 0 radical (unpaired) electrons. The average Bonchev–Trinajstić information content (AvgIpc) is 3.00. The van der Waals surface area contributed by atoms with Gasteiger partial charge in [-0.3, -0.25) is 4.79 Å². The fraction of sp³-hybridized carbons (Fsp3) is 0.571. The first-order valence-corrected chi connectivity index (χ1v) is 7.78. The molecule has 1 N–H and O–H groups in total. The molecule has 0 amide bonds. The van der Waals surface area contributed by atoms with Gasteiger partial charge in [-0.15, -0.1) is 5.10 Å². The quantitative estimate of drug-likeness (QED) is 0.886. The van der Waals surface area contributed by atoms with Gasteiger partial charge in [-0.1, -0.05) is 20.8 Å².